The average Bonchev–Trinajstić information content (AvgIpc) is 3.41. The van der Waals surface area contributed by atoms with E-state index in [4.69, 9.17) is 14.6 Å². The maximum atomic E-state index is 13.5. The van der Waals surface area contributed by atoms with Crippen molar-refractivity contribution in [3.05, 3.63) is 126 Å². The topological polar surface area (TPSA) is 78.3 Å². The monoisotopic (exact) mass is 518 g/mol. The summed E-state index contributed by atoms with van der Waals surface area (Å²) in [5.74, 6) is 0.381. The molecule has 1 N–H and O–H groups in total. The number of ether oxygens (including phenoxy) is 2. The third-order valence-electron chi connectivity index (χ3n) is 6.26. The molecule has 7 nitrogen and oxygen atoms in total. The van der Waals surface area contributed by atoms with E-state index in [1.165, 1.54) is 0 Å². The van der Waals surface area contributed by atoms with Crippen LogP contribution in [-0.2, 0) is 24.5 Å². The molecule has 0 spiro atoms. The van der Waals surface area contributed by atoms with Gasteiger partial charge in [0.05, 0.1) is 22.5 Å². The Bertz CT molecular complexity index is 1500. The van der Waals surface area contributed by atoms with Gasteiger partial charge >= 0.3 is 0 Å². The molecule has 5 rings (SSSR count). The molecule has 2 aromatic heterocycles. The zero-order valence-corrected chi connectivity index (χ0v) is 21.8. The highest BCUT2D eigenvalue weighted by Gasteiger charge is 2.22. The van der Waals surface area contributed by atoms with Crippen LogP contribution in [0.2, 0.25) is 0 Å². The van der Waals surface area contributed by atoms with Crippen LogP contribution in [0.25, 0.3) is 22.5 Å². The smallest absolute Gasteiger partial charge is 0.252 e. The van der Waals surface area contributed by atoms with Crippen LogP contribution in [-0.4, -0.2) is 34.3 Å². The Kier molecular flexibility index (Phi) is 8.41. The minimum Gasteiger partial charge on any atom is -0.488 e. The summed E-state index contributed by atoms with van der Waals surface area (Å²) in [6.07, 6.45) is 2.39. The van der Waals surface area contributed by atoms with E-state index in [0.717, 1.165) is 22.5 Å². The van der Waals surface area contributed by atoms with Crippen molar-refractivity contribution in [2.45, 2.75) is 19.8 Å². The van der Waals surface area contributed by atoms with Gasteiger partial charge in [0.15, 0.2) is 0 Å². The summed E-state index contributed by atoms with van der Waals surface area (Å²) in [5.41, 5.74) is 5.58. The lowest BCUT2D eigenvalue weighted by Gasteiger charge is -2.15. The van der Waals surface area contributed by atoms with Gasteiger partial charge < -0.3 is 14.8 Å². The van der Waals surface area contributed by atoms with Crippen LogP contribution >= 0.6 is 0 Å². The highest BCUT2D eigenvalue weighted by atomic mass is 16.5. The van der Waals surface area contributed by atoms with Crippen LogP contribution in [0.5, 0.6) is 5.75 Å². The molecule has 3 aromatic carbocycles. The van der Waals surface area contributed by atoms with E-state index in [0.29, 0.717) is 42.1 Å². The van der Waals surface area contributed by atoms with Gasteiger partial charge in [0.25, 0.3) is 5.91 Å². The number of nitrogens with zero attached hydrogens (tertiary/aromatic N) is 3. The summed E-state index contributed by atoms with van der Waals surface area (Å²) < 4.78 is 13.5. The zero-order valence-electron chi connectivity index (χ0n) is 21.8. The molecule has 0 aliphatic carbocycles. The molecule has 0 saturated carbocycles. The number of carbonyl (C=O) groups is 1. The number of methoxy groups -OCH3 is 1. The summed E-state index contributed by atoms with van der Waals surface area (Å²) in [4.78, 5) is 17.8. The van der Waals surface area contributed by atoms with Gasteiger partial charge in [0.2, 0.25) is 0 Å². The molecule has 39 heavy (non-hydrogen) atoms. The second kappa shape index (κ2) is 12.7. The van der Waals surface area contributed by atoms with E-state index in [1.807, 2.05) is 97.1 Å². The van der Waals surface area contributed by atoms with Gasteiger partial charge in [-0.05, 0) is 41.5 Å². The molecule has 1 amide bonds. The third-order valence-corrected chi connectivity index (χ3v) is 6.26. The van der Waals surface area contributed by atoms with Crippen molar-refractivity contribution in [3.8, 4) is 28.3 Å². The molecule has 7 heteroatoms. The fraction of sp³-hybridized carbons (Fsp3) is 0.156. The third kappa shape index (κ3) is 6.40. The van der Waals surface area contributed by atoms with Crippen LogP contribution in [0, 0.1) is 0 Å². The molecule has 0 unspecified atom stereocenters. The Morgan fingerprint density at radius 3 is 2.41 bits per heavy atom. The highest BCUT2D eigenvalue weighted by Crippen LogP contribution is 2.36. The van der Waals surface area contributed by atoms with E-state index < -0.39 is 0 Å². The van der Waals surface area contributed by atoms with E-state index in [-0.39, 0.29) is 12.6 Å². The molecule has 0 aliphatic heterocycles. The first-order valence-corrected chi connectivity index (χ1v) is 12.8. The first-order chi connectivity index (χ1) is 19.2. The molecule has 0 bridgehead atoms. The molecule has 0 saturated heterocycles. The first-order valence-electron chi connectivity index (χ1n) is 12.8. The predicted octanol–water partition coefficient (Wildman–Crippen LogP) is 5.77. The number of carbonyl (C=O) groups excluding carboxylic acids is 1. The van der Waals surface area contributed by atoms with Crippen molar-refractivity contribution in [1.29, 1.82) is 0 Å². The van der Waals surface area contributed by atoms with Crippen molar-refractivity contribution < 1.29 is 14.3 Å². The molecular formula is C32H30N4O3. The molecule has 2 heterocycles. The minimum atomic E-state index is -0.200. The largest absolute Gasteiger partial charge is 0.488 e. The lowest BCUT2D eigenvalue weighted by atomic mass is 10.0. The number of rotatable bonds is 11. The molecule has 5 aromatic rings. The molecular weight excluding hydrogens is 488 g/mol. The van der Waals surface area contributed by atoms with Crippen molar-refractivity contribution >= 4 is 5.91 Å². The summed E-state index contributed by atoms with van der Waals surface area (Å²) in [6, 6.07) is 33.2. The van der Waals surface area contributed by atoms with E-state index in [9.17, 15) is 4.79 Å². The van der Waals surface area contributed by atoms with E-state index in [1.54, 1.807) is 24.1 Å². The number of aromatic nitrogens is 3. The van der Waals surface area contributed by atoms with Crippen LogP contribution in [0.3, 0.4) is 0 Å². The number of amides is 1. The minimum absolute atomic E-state index is 0.200. The summed E-state index contributed by atoms with van der Waals surface area (Å²) in [7, 11) is 1.63. The molecule has 0 fully saturated rings. The molecule has 0 radical (unpaired) electrons. The van der Waals surface area contributed by atoms with Gasteiger partial charge in [-0.1, -0.05) is 72.8 Å². The quantitative estimate of drug-likeness (QED) is 0.240. The molecule has 0 atom stereocenters. The number of benzene rings is 3. The standard InChI is InChI=1S/C32H30N4O3/c1-38-23-36-29(25-13-6-3-7-14-25)21-28(35-36)31-27(32(37)34-20-18-26-15-8-9-19-33-26)16-10-17-30(31)39-22-24-11-4-2-5-12-24/h2-17,19,21H,18,20,22-23H2,1H3,(H,34,37). The van der Waals surface area contributed by atoms with E-state index in [2.05, 4.69) is 10.3 Å². The SMILES string of the molecule is COCn1nc(-c2c(OCc3ccccc3)cccc2C(=O)NCCc2ccccn2)cc1-c1ccccc1. The normalized spacial score (nSPS) is 10.8. The zero-order chi connectivity index (χ0) is 26.9. The van der Waals surface area contributed by atoms with Crippen molar-refractivity contribution in [1.82, 2.24) is 20.1 Å². The molecule has 196 valence electrons. The van der Waals surface area contributed by atoms with Crippen molar-refractivity contribution in [2.75, 3.05) is 13.7 Å². The first kappa shape index (κ1) is 25.9. The number of hydrogen-bond donors (Lipinski definition) is 1. The van der Waals surface area contributed by atoms with Gasteiger partial charge in [-0.3, -0.25) is 9.78 Å². The summed E-state index contributed by atoms with van der Waals surface area (Å²) in [5, 5.41) is 7.90. The second-order valence-corrected chi connectivity index (χ2v) is 8.98. The lowest BCUT2D eigenvalue weighted by molar-refractivity contribution is 0.0954. The predicted molar refractivity (Wildman–Crippen MR) is 151 cm³/mol. The van der Waals surface area contributed by atoms with Gasteiger partial charge in [-0.2, -0.15) is 5.10 Å². The molecule has 0 aliphatic rings. The fourth-order valence-electron chi connectivity index (χ4n) is 4.39. The van der Waals surface area contributed by atoms with Crippen molar-refractivity contribution in [3.63, 3.8) is 0 Å². The second-order valence-electron chi connectivity index (χ2n) is 8.98. The van der Waals surface area contributed by atoms with Crippen LogP contribution in [0.15, 0.2) is 109 Å². The Morgan fingerprint density at radius 1 is 0.897 bits per heavy atom. The van der Waals surface area contributed by atoms with Crippen molar-refractivity contribution in [2.24, 2.45) is 0 Å². The number of nitrogens with one attached hydrogen (secondary N) is 1. The number of hydrogen-bond acceptors (Lipinski definition) is 5. The lowest BCUT2D eigenvalue weighted by Crippen LogP contribution is -2.26. The van der Waals surface area contributed by atoms with Gasteiger partial charge in [-0.25, -0.2) is 4.68 Å². The summed E-state index contributed by atoms with van der Waals surface area (Å²) in [6.45, 7) is 1.09. The Balaban J connectivity index is 1.50. The maximum Gasteiger partial charge on any atom is 0.252 e. The summed E-state index contributed by atoms with van der Waals surface area (Å²) >= 11 is 0. The number of pyridine rings is 1. The van der Waals surface area contributed by atoms with Gasteiger partial charge in [0.1, 0.15) is 19.1 Å². The van der Waals surface area contributed by atoms with Gasteiger partial charge in [0, 0.05) is 32.0 Å². The average molecular weight is 519 g/mol. The Hall–Kier alpha value is -4.75. The Morgan fingerprint density at radius 2 is 1.67 bits per heavy atom. The van der Waals surface area contributed by atoms with Crippen LogP contribution in [0.1, 0.15) is 21.6 Å². The van der Waals surface area contributed by atoms with E-state index >= 15 is 0 Å². The van der Waals surface area contributed by atoms with Crippen LogP contribution < -0.4 is 10.1 Å². The highest BCUT2D eigenvalue weighted by molar-refractivity contribution is 6.02. The fourth-order valence-corrected chi connectivity index (χ4v) is 4.39. The Labute approximate surface area is 228 Å². The van der Waals surface area contributed by atoms with Gasteiger partial charge in [-0.15, -0.1) is 0 Å². The van der Waals surface area contributed by atoms with Crippen LogP contribution in [0.4, 0.5) is 0 Å². The maximum absolute atomic E-state index is 13.5.